The number of aliphatic hydroxyl groups excluding tert-OH is 1. The van der Waals surface area contributed by atoms with Crippen LogP contribution in [-0.2, 0) is 6.42 Å². The monoisotopic (exact) mass is 257 g/mol. The van der Waals surface area contributed by atoms with Crippen molar-refractivity contribution >= 4 is 11.3 Å². The number of aromatic nitrogens is 1. The fourth-order valence-electron chi connectivity index (χ4n) is 1.53. The van der Waals surface area contributed by atoms with Gasteiger partial charge in [0.2, 0.25) is 0 Å². The Bertz CT molecular complexity index is 536. The topological polar surface area (TPSA) is 33.1 Å². The van der Waals surface area contributed by atoms with Gasteiger partial charge in [0.15, 0.2) is 0 Å². The first kappa shape index (κ1) is 12.8. The molecule has 18 heavy (non-hydrogen) atoms. The summed E-state index contributed by atoms with van der Waals surface area (Å²) in [6, 6.07) is 10.2. The molecule has 2 aromatic rings. The largest absolute Gasteiger partial charge is 0.396 e. The van der Waals surface area contributed by atoms with Gasteiger partial charge >= 0.3 is 0 Å². The van der Waals surface area contributed by atoms with E-state index in [1.54, 1.807) is 11.3 Å². The minimum atomic E-state index is 0.212. The van der Waals surface area contributed by atoms with Gasteiger partial charge in [0.05, 0.1) is 12.1 Å². The molecule has 0 saturated carbocycles. The van der Waals surface area contributed by atoms with E-state index >= 15 is 0 Å². The molecule has 0 spiro atoms. The maximum atomic E-state index is 8.63. The van der Waals surface area contributed by atoms with E-state index in [2.05, 4.69) is 34.3 Å². The Kier molecular flexibility index (Phi) is 4.95. The minimum absolute atomic E-state index is 0.212. The van der Waals surface area contributed by atoms with E-state index in [1.807, 2.05) is 18.2 Å². The molecular formula is C15H15NOS. The lowest BCUT2D eigenvalue weighted by atomic mass is 10.2. The first-order chi connectivity index (χ1) is 8.90. The molecule has 0 aliphatic heterocycles. The molecule has 2 nitrogen and oxygen atoms in total. The summed E-state index contributed by atoms with van der Waals surface area (Å²) in [5, 5.41) is 11.8. The highest BCUT2D eigenvalue weighted by atomic mass is 32.1. The quantitative estimate of drug-likeness (QED) is 0.674. The maximum absolute atomic E-state index is 8.63. The molecule has 0 aliphatic carbocycles. The Balaban J connectivity index is 1.96. The fourth-order valence-corrected chi connectivity index (χ4v) is 2.27. The predicted molar refractivity (Wildman–Crippen MR) is 75.3 cm³/mol. The zero-order valence-electron chi connectivity index (χ0n) is 10.1. The number of benzene rings is 1. The van der Waals surface area contributed by atoms with E-state index in [4.69, 9.17) is 5.11 Å². The zero-order valence-corrected chi connectivity index (χ0v) is 10.9. The summed E-state index contributed by atoms with van der Waals surface area (Å²) >= 11 is 1.65. The lowest BCUT2D eigenvalue weighted by molar-refractivity contribution is 0.290. The van der Waals surface area contributed by atoms with Crippen molar-refractivity contribution in [3.8, 4) is 23.1 Å². The summed E-state index contributed by atoms with van der Waals surface area (Å²) in [7, 11) is 0. The van der Waals surface area contributed by atoms with Crippen LogP contribution in [-0.4, -0.2) is 16.7 Å². The van der Waals surface area contributed by atoms with Crippen molar-refractivity contribution in [3.63, 3.8) is 0 Å². The molecule has 0 fully saturated rings. The molecule has 0 amide bonds. The second kappa shape index (κ2) is 6.95. The summed E-state index contributed by atoms with van der Waals surface area (Å²) in [6.45, 7) is 0.212. The third kappa shape index (κ3) is 3.69. The van der Waals surface area contributed by atoms with Crippen LogP contribution in [0.4, 0.5) is 0 Å². The summed E-state index contributed by atoms with van der Waals surface area (Å²) in [5.74, 6) is 6.13. The van der Waals surface area contributed by atoms with Crippen molar-refractivity contribution in [3.05, 3.63) is 40.7 Å². The van der Waals surface area contributed by atoms with E-state index in [0.29, 0.717) is 6.42 Å². The number of thiazole rings is 1. The molecule has 0 radical (unpaired) electrons. The Morgan fingerprint density at radius 3 is 2.78 bits per heavy atom. The highest BCUT2D eigenvalue weighted by Crippen LogP contribution is 2.21. The second-order valence-corrected chi connectivity index (χ2v) is 4.79. The van der Waals surface area contributed by atoms with E-state index in [-0.39, 0.29) is 6.61 Å². The first-order valence-corrected chi connectivity index (χ1v) is 6.84. The van der Waals surface area contributed by atoms with E-state index < -0.39 is 0 Å². The molecule has 1 heterocycles. The maximum Gasteiger partial charge on any atom is 0.105 e. The van der Waals surface area contributed by atoms with Gasteiger partial charge in [0, 0.05) is 24.0 Å². The standard InChI is InChI=1S/C15H15NOS/c17-11-7-2-1-6-10-15-16-14(12-18-15)13-8-4-3-5-9-13/h3-5,8-9,12,17H,2,7,10-11H2. The van der Waals surface area contributed by atoms with Crippen LogP contribution in [0.25, 0.3) is 11.3 Å². The molecule has 1 N–H and O–H groups in total. The molecule has 0 unspecified atom stereocenters. The molecule has 92 valence electrons. The fraction of sp³-hybridized carbons (Fsp3) is 0.267. The molecule has 3 heteroatoms. The van der Waals surface area contributed by atoms with Crippen LogP contribution in [0.1, 0.15) is 17.8 Å². The van der Waals surface area contributed by atoms with Crippen molar-refractivity contribution < 1.29 is 5.11 Å². The Hall–Kier alpha value is -1.63. The van der Waals surface area contributed by atoms with Crippen LogP contribution < -0.4 is 0 Å². The average Bonchev–Trinajstić information content (AvgIpc) is 2.88. The van der Waals surface area contributed by atoms with Gasteiger partial charge in [0.1, 0.15) is 5.01 Å². The van der Waals surface area contributed by atoms with Crippen LogP contribution in [0.3, 0.4) is 0 Å². The van der Waals surface area contributed by atoms with Crippen molar-refractivity contribution in [1.82, 2.24) is 4.98 Å². The first-order valence-electron chi connectivity index (χ1n) is 5.96. The zero-order chi connectivity index (χ0) is 12.6. The van der Waals surface area contributed by atoms with Crippen LogP contribution in [0.15, 0.2) is 35.7 Å². The van der Waals surface area contributed by atoms with E-state index in [1.165, 1.54) is 0 Å². The van der Waals surface area contributed by atoms with Gasteiger partial charge in [-0.05, 0) is 6.42 Å². The Labute approximate surface area is 111 Å². The van der Waals surface area contributed by atoms with Gasteiger partial charge in [-0.15, -0.1) is 17.3 Å². The third-order valence-electron chi connectivity index (χ3n) is 2.45. The van der Waals surface area contributed by atoms with Crippen LogP contribution in [0.2, 0.25) is 0 Å². The summed E-state index contributed by atoms with van der Waals surface area (Å²) in [6.07, 6.45) is 2.20. The summed E-state index contributed by atoms with van der Waals surface area (Å²) in [4.78, 5) is 4.56. The molecule has 0 bridgehead atoms. The third-order valence-corrected chi connectivity index (χ3v) is 3.29. The number of aliphatic hydroxyl groups is 1. The van der Waals surface area contributed by atoms with Crippen molar-refractivity contribution in [2.45, 2.75) is 19.3 Å². The van der Waals surface area contributed by atoms with Crippen LogP contribution in [0.5, 0.6) is 0 Å². The van der Waals surface area contributed by atoms with Gasteiger partial charge in [-0.25, -0.2) is 4.98 Å². The number of rotatable bonds is 4. The normalized spacial score (nSPS) is 9.83. The second-order valence-electron chi connectivity index (χ2n) is 3.85. The summed E-state index contributed by atoms with van der Waals surface area (Å²) < 4.78 is 0. The van der Waals surface area contributed by atoms with Crippen molar-refractivity contribution in [2.24, 2.45) is 0 Å². The number of hydrogen-bond acceptors (Lipinski definition) is 3. The Morgan fingerprint density at radius 1 is 1.17 bits per heavy atom. The van der Waals surface area contributed by atoms with Crippen LogP contribution in [0, 0.1) is 11.8 Å². The smallest absolute Gasteiger partial charge is 0.105 e. The predicted octanol–water partition coefficient (Wildman–Crippen LogP) is 3.13. The van der Waals surface area contributed by atoms with Gasteiger partial charge in [-0.2, -0.15) is 0 Å². The molecule has 0 atom stereocenters. The molecule has 2 rings (SSSR count). The van der Waals surface area contributed by atoms with Gasteiger partial charge in [-0.1, -0.05) is 36.3 Å². The highest BCUT2D eigenvalue weighted by Gasteiger charge is 2.02. The molecule has 1 aromatic carbocycles. The number of unbranched alkanes of at least 4 members (excludes halogenated alkanes) is 1. The van der Waals surface area contributed by atoms with E-state index in [0.717, 1.165) is 29.1 Å². The van der Waals surface area contributed by atoms with E-state index in [9.17, 15) is 0 Å². The number of nitrogens with zero attached hydrogens (tertiary/aromatic N) is 1. The highest BCUT2D eigenvalue weighted by molar-refractivity contribution is 7.10. The molecular weight excluding hydrogens is 242 g/mol. The average molecular weight is 257 g/mol. The number of hydrogen-bond donors (Lipinski definition) is 1. The Morgan fingerprint density at radius 2 is 2.00 bits per heavy atom. The summed E-state index contributed by atoms with van der Waals surface area (Å²) in [5.41, 5.74) is 2.17. The lowest BCUT2D eigenvalue weighted by Gasteiger charge is -1.93. The lowest BCUT2D eigenvalue weighted by Crippen LogP contribution is -1.82. The van der Waals surface area contributed by atoms with Crippen LogP contribution >= 0.6 is 11.3 Å². The molecule has 1 aromatic heterocycles. The van der Waals surface area contributed by atoms with Gasteiger partial charge in [0.25, 0.3) is 0 Å². The van der Waals surface area contributed by atoms with Crippen molar-refractivity contribution in [2.75, 3.05) is 6.61 Å². The minimum Gasteiger partial charge on any atom is -0.396 e. The van der Waals surface area contributed by atoms with Gasteiger partial charge < -0.3 is 5.11 Å². The molecule has 0 aliphatic rings. The van der Waals surface area contributed by atoms with Crippen molar-refractivity contribution in [1.29, 1.82) is 0 Å². The van der Waals surface area contributed by atoms with Gasteiger partial charge in [-0.3, -0.25) is 0 Å². The molecule has 0 saturated heterocycles. The SMILES string of the molecule is OCCCC#CCc1nc(-c2ccccc2)cs1.